The molecule has 180 valence electrons. The van der Waals surface area contributed by atoms with Crippen molar-refractivity contribution in [3.63, 3.8) is 0 Å². The zero-order valence-corrected chi connectivity index (χ0v) is 20.4. The molecule has 10 heteroatoms. The van der Waals surface area contributed by atoms with E-state index in [1.165, 1.54) is 0 Å². The second-order valence-corrected chi connectivity index (χ2v) is 8.50. The molecule has 9 nitrogen and oxygen atoms in total. The maximum Gasteiger partial charge on any atom is 0.261 e. The standard InChI is InChI=1S/C26H21ClN6O3/c1-15-14-16(2)33(31-15)22-12-13-23(30-29-22)35-19-10-8-18(9-11-19)28-26(34)24-17(3)36-32-25(24)20-6-4-5-7-21(20)27/h4-14H,1-3H3,(H,28,34). The quantitative estimate of drug-likeness (QED) is 0.307. The number of halogens is 1. The van der Waals surface area contributed by atoms with Crippen molar-refractivity contribution >= 4 is 23.2 Å². The number of hydrogen-bond donors (Lipinski definition) is 1. The summed E-state index contributed by atoms with van der Waals surface area (Å²) >= 11 is 6.30. The number of carbonyl (C=O) groups is 1. The largest absolute Gasteiger partial charge is 0.438 e. The monoisotopic (exact) mass is 500 g/mol. The molecule has 0 unspecified atom stereocenters. The van der Waals surface area contributed by atoms with Gasteiger partial charge in [0, 0.05) is 23.0 Å². The molecule has 0 radical (unpaired) electrons. The number of amides is 1. The van der Waals surface area contributed by atoms with Crippen LogP contribution >= 0.6 is 11.6 Å². The van der Waals surface area contributed by atoms with Crippen LogP contribution in [0.25, 0.3) is 17.1 Å². The fourth-order valence-corrected chi connectivity index (χ4v) is 3.96. The maximum atomic E-state index is 13.0. The summed E-state index contributed by atoms with van der Waals surface area (Å²) in [6.07, 6.45) is 0. The number of aromatic nitrogens is 5. The lowest BCUT2D eigenvalue weighted by molar-refractivity contribution is 0.102. The highest BCUT2D eigenvalue weighted by molar-refractivity contribution is 6.33. The fraction of sp³-hybridized carbons (Fsp3) is 0.115. The molecule has 5 rings (SSSR count). The summed E-state index contributed by atoms with van der Waals surface area (Å²) < 4.78 is 12.8. The lowest BCUT2D eigenvalue weighted by Gasteiger charge is -2.09. The lowest BCUT2D eigenvalue weighted by atomic mass is 10.1. The van der Waals surface area contributed by atoms with E-state index in [9.17, 15) is 4.79 Å². The number of nitrogens with zero attached hydrogens (tertiary/aromatic N) is 5. The predicted molar refractivity (Wildman–Crippen MR) is 135 cm³/mol. The number of ether oxygens (including phenoxy) is 1. The van der Waals surface area contributed by atoms with Crippen LogP contribution in [0.4, 0.5) is 5.69 Å². The van der Waals surface area contributed by atoms with Crippen LogP contribution < -0.4 is 10.1 Å². The van der Waals surface area contributed by atoms with Crippen molar-refractivity contribution in [2.24, 2.45) is 0 Å². The molecule has 3 aromatic heterocycles. The highest BCUT2D eigenvalue weighted by atomic mass is 35.5. The van der Waals surface area contributed by atoms with Gasteiger partial charge in [0.05, 0.1) is 10.7 Å². The highest BCUT2D eigenvalue weighted by Crippen LogP contribution is 2.31. The Morgan fingerprint density at radius 2 is 1.78 bits per heavy atom. The van der Waals surface area contributed by atoms with E-state index in [1.54, 1.807) is 60.1 Å². The number of aryl methyl sites for hydroxylation is 3. The van der Waals surface area contributed by atoms with Crippen LogP contribution in [-0.2, 0) is 0 Å². The minimum Gasteiger partial charge on any atom is -0.438 e. The van der Waals surface area contributed by atoms with Gasteiger partial charge in [0.15, 0.2) is 5.82 Å². The van der Waals surface area contributed by atoms with Gasteiger partial charge in [-0.05, 0) is 63.2 Å². The van der Waals surface area contributed by atoms with Gasteiger partial charge in [0.2, 0.25) is 5.88 Å². The van der Waals surface area contributed by atoms with Crippen molar-refractivity contribution in [1.29, 1.82) is 0 Å². The second kappa shape index (κ2) is 9.63. The van der Waals surface area contributed by atoms with Crippen LogP contribution in [0.3, 0.4) is 0 Å². The Balaban J connectivity index is 1.28. The Morgan fingerprint density at radius 1 is 1.00 bits per heavy atom. The molecule has 0 saturated carbocycles. The molecular weight excluding hydrogens is 480 g/mol. The zero-order valence-electron chi connectivity index (χ0n) is 19.7. The maximum absolute atomic E-state index is 13.0. The van der Waals surface area contributed by atoms with Gasteiger partial charge >= 0.3 is 0 Å². The van der Waals surface area contributed by atoms with Crippen molar-refractivity contribution in [2.75, 3.05) is 5.32 Å². The number of rotatable bonds is 6. The van der Waals surface area contributed by atoms with Crippen molar-refractivity contribution < 1.29 is 14.1 Å². The summed E-state index contributed by atoms with van der Waals surface area (Å²) in [5.74, 6) is 1.51. The molecule has 0 atom stereocenters. The van der Waals surface area contributed by atoms with Gasteiger partial charge in [0.25, 0.3) is 5.91 Å². The summed E-state index contributed by atoms with van der Waals surface area (Å²) in [6.45, 7) is 5.56. The van der Waals surface area contributed by atoms with E-state index < -0.39 is 0 Å². The molecule has 2 aromatic carbocycles. The van der Waals surface area contributed by atoms with Crippen molar-refractivity contribution in [2.45, 2.75) is 20.8 Å². The first-order valence-electron chi connectivity index (χ1n) is 11.1. The topological polar surface area (TPSA) is 108 Å². The average molecular weight is 501 g/mol. The number of nitrogens with one attached hydrogen (secondary N) is 1. The first kappa shape index (κ1) is 23.3. The molecule has 36 heavy (non-hydrogen) atoms. The third kappa shape index (κ3) is 4.69. The van der Waals surface area contributed by atoms with E-state index in [0.717, 1.165) is 11.4 Å². The van der Waals surface area contributed by atoms with E-state index in [-0.39, 0.29) is 5.91 Å². The first-order chi connectivity index (χ1) is 17.4. The first-order valence-corrected chi connectivity index (χ1v) is 11.4. The summed E-state index contributed by atoms with van der Waals surface area (Å²) in [6, 6.07) is 19.5. The van der Waals surface area contributed by atoms with Crippen LogP contribution in [0.15, 0.2) is 71.3 Å². The summed E-state index contributed by atoms with van der Waals surface area (Å²) in [7, 11) is 0. The molecule has 3 heterocycles. The minimum absolute atomic E-state index is 0.321. The average Bonchev–Trinajstić information content (AvgIpc) is 3.42. The Kier molecular flexibility index (Phi) is 6.22. The van der Waals surface area contributed by atoms with Gasteiger partial charge in [-0.1, -0.05) is 35.0 Å². The lowest BCUT2D eigenvalue weighted by Crippen LogP contribution is -2.13. The minimum atomic E-state index is -0.358. The summed E-state index contributed by atoms with van der Waals surface area (Å²) in [5.41, 5.74) is 3.77. The van der Waals surface area contributed by atoms with E-state index in [2.05, 4.69) is 25.8 Å². The van der Waals surface area contributed by atoms with Crippen LogP contribution in [0.2, 0.25) is 5.02 Å². The van der Waals surface area contributed by atoms with Crippen LogP contribution in [0.5, 0.6) is 11.6 Å². The zero-order chi connectivity index (χ0) is 25.2. The third-order valence-electron chi connectivity index (χ3n) is 5.41. The van der Waals surface area contributed by atoms with Gasteiger partial charge in [-0.15, -0.1) is 10.2 Å². The van der Waals surface area contributed by atoms with Crippen LogP contribution in [0, 0.1) is 20.8 Å². The summed E-state index contributed by atoms with van der Waals surface area (Å²) in [4.78, 5) is 13.0. The molecule has 5 aromatic rings. The van der Waals surface area contributed by atoms with Gasteiger partial charge in [-0.25, -0.2) is 4.68 Å². The van der Waals surface area contributed by atoms with E-state index >= 15 is 0 Å². The van der Waals surface area contributed by atoms with Crippen molar-refractivity contribution in [3.8, 4) is 28.7 Å². The van der Waals surface area contributed by atoms with E-state index in [0.29, 0.717) is 50.7 Å². The molecule has 0 fully saturated rings. The molecule has 0 aliphatic heterocycles. The predicted octanol–water partition coefficient (Wildman–Crippen LogP) is 5.94. The smallest absolute Gasteiger partial charge is 0.261 e. The molecule has 0 bridgehead atoms. The fourth-order valence-electron chi connectivity index (χ4n) is 3.74. The SMILES string of the molecule is Cc1cc(C)n(-c2ccc(Oc3ccc(NC(=O)c4c(-c5ccccc5Cl)noc4C)cc3)nn2)n1. The normalized spacial score (nSPS) is 10.9. The number of anilines is 1. The Labute approximate surface area is 211 Å². The van der Waals surface area contributed by atoms with Crippen molar-refractivity contribution in [1.82, 2.24) is 25.1 Å². The Hall–Kier alpha value is -4.50. The Morgan fingerprint density at radius 3 is 2.44 bits per heavy atom. The van der Waals surface area contributed by atoms with Gasteiger partial charge < -0.3 is 14.6 Å². The molecule has 1 N–H and O–H groups in total. The molecule has 0 spiro atoms. The van der Waals surface area contributed by atoms with Crippen molar-refractivity contribution in [3.05, 3.63) is 94.5 Å². The highest BCUT2D eigenvalue weighted by Gasteiger charge is 2.23. The molecule has 1 amide bonds. The second-order valence-electron chi connectivity index (χ2n) is 8.09. The molecule has 0 aliphatic carbocycles. The molecule has 0 saturated heterocycles. The third-order valence-corrected chi connectivity index (χ3v) is 5.74. The van der Waals surface area contributed by atoms with Gasteiger partial charge in [-0.2, -0.15) is 5.10 Å². The molecule has 0 aliphatic rings. The molecular formula is C26H21ClN6O3. The van der Waals surface area contributed by atoms with Crippen LogP contribution in [-0.4, -0.2) is 31.0 Å². The van der Waals surface area contributed by atoms with E-state index in [1.807, 2.05) is 32.0 Å². The Bertz CT molecular complexity index is 1540. The number of hydrogen-bond acceptors (Lipinski definition) is 7. The summed E-state index contributed by atoms with van der Waals surface area (Å²) in [5, 5.41) is 20.1. The van der Waals surface area contributed by atoms with Crippen LogP contribution in [0.1, 0.15) is 27.5 Å². The van der Waals surface area contributed by atoms with Gasteiger partial charge in [0.1, 0.15) is 22.8 Å². The van der Waals surface area contributed by atoms with E-state index in [4.69, 9.17) is 20.9 Å². The van der Waals surface area contributed by atoms with Gasteiger partial charge in [-0.3, -0.25) is 4.79 Å². The number of carbonyl (C=O) groups excluding carboxylic acids is 1. The number of benzene rings is 2.